The van der Waals surface area contributed by atoms with E-state index in [2.05, 4.69) is 5.32 Å². The SMILES string of the molecule is COCCNC(=O)[C@@H]1CC[C@@H](C)N(S(=O)(=O)c2cc(Cl)ccc2C#N)C1. The first kappa shape index (κ1) is 20.6. The van der Waals surface area contributed by atoms with Gasteiger partial charge in [-0.1, -0.05) is 11.6 Å². The van der Waals surface area contributed by atoms with Crippen molar-refractivity contribution in [3.63, 3.8) is 0 Å². The number of halogens is 1. The normalized spacial score (nSPS) is 21.2. The highest BCUT2D eigenvalue weighted by molar-refractivity contribution is 7.89. The zero-order valence-electron chi connectivity index (χ0n) is 14.7. The summed E-state index contributed by atoms with van der Waals surface area (Å²) >= 11 is 5.94. The van der Waals surface area contributed by atoms with Crippen LogP contribution in [0.15, 0.2) is 23.1 Å². The minimum atomic E-state index is -3.95. The molecule has 1 aliphatic heterocycles. The first-order valence-corrected chi connectivity index (χ1v) is 10.1. The summed E-state index contributed by atoms with van der Waals surface area (Å²) in [5, 5.41) is 12.2. The van der Waals surface area contributed by atoms with Crippen molar-refractivity contribution in [2.75, 3.05) is 26.8 Å². The molecule has 0 saturated carbocycles. The number of nitrogens with one attached hydrogen (secondary N) is 1. The van der Waals surface area contributed by atoms with E-state index in [0.717, 1.165) is 0 Å². The van der Waals surface area contributed by atoms with Crippen LogP contribution >= 0.6 is 11.6 Å². The number of ether oxygens (including phenoxy) is 1. The van der Waals surface area contributed by atoms with Crippen molar-refractivity contribution in [3.8, 4) is 6.07 Å². The van der Waals surface area contributed by atoms with Crippen LogP contribution in [0.4, 0.5) is 0 Å². The number of rotatable bonds is 6. The van der Waals surface area contributed by atoms with Crippen LogP contribution in [-0.4, -0.2) is 51.5 Å². The summed E-state index contributed by atoms with van der Waals surface area (Å²) in [7, 11) is -2.40. The molecule has 26 heavy (non-hydrogen) atoms. The number of piperidine rings is 1. The van der Waals surface area contributed by atoms with Crippen LogP contribution in [0.5, 0.6) is 0 Å². The van der Waals surface area contributed by atoms with Crippen LogP contribution in [0.2, 0.25) is 5.02 Å². The van der Waals surface area contributed by atoms with Gasteiger partial charge in [-0.25, -0.2) is 8.42 Å². The topological polar surface area (TPSA) is 99.5 Å². The Morgan fingerprint density at radius 1 is 1.46 bits per heavy atom. The molecule has 1 saturated heterocycles. The van der Waals surface area contributed by atoms with Gasteiger partial charge in [-0.3, -0.25) is 4.79 Å². The third-order valence-electron chi connectivity index (χ3n) is 4.45. The number of hydrogen-bond donors (Lipinski definition) is 1. The van der Waals surface area contributed by atoms with Crippen LogP contribution in [-0.2, 0) is 19.6 Å². The van der Waals surface area contributed by atoms with E-state index >= 15 is 0 Å². The molecule has 1 aromatic carbocycles. The number of benzene rings is 1. The summed E-state index contributed by atoms with van der Waals surface area (Å²) in [6.45, 7) is 2.64. The zero-order valence-corrected chi connectivity index (χ0v) is 16.3. The maximum Gasteiger partial charge on any atom is 0.244 e. The molecule has 9 heteroatoms. The lowest BCUT2D eigenvalue weighted by Crippen LogP contribution is -2.49. The Bertz CT molecular complexity index is 807. The Kier molecular flexibility index (Phi) is 7.01. The van der Waals surface area contributed by atoms with E-state index in [0.29, 0.717) is 26.0 Å². The molecule has 7 nitrogen and oxygen atoms in total. The number of nitriles is 1. The van der Waals surface area contributed by atoms with Crippen molar-refractivity contribution < 1.29 is 17.9 Å². The van der Waals surface area contributed by atoms with Gasteiger partial charge in [-0.2, -0.15) is 9.57 Å². The lowest BCUT2D eigenvalue weighted by Gasteiger charge is -2.36. The van der Waals surface area contributed by atoms with E-state index in [9.17, 15) is 18.5 Å². The van der Waals surface area contributed by atoms with Gasteiger partial charge in [-0.05, 0) is 38.0 Å². The van der Waals surface area contributed by atoms with Crippen molar-refractivity contribution in [1.29, 1.82) is 5.26 Å². The van der Waals surface area contributed by atoms with Crippen LogP contribution in [0, 0.1) is 17.2 Å². The molecule has 1 heterocycles. The van der Waals surface area contributed by atoms with E-state index in [1.54, 1.807) is 14.0 Å². The van der Waals surface area contributed by atoms with Gasteiger partial charge in [0.05, 0.1) is 18.1 Å². The highest BCUT2D eigenvalue weighted by atomic mass is 35.5. The number of carbonyl (C=O) groups excluding carboxylic acids is 1. The van der Waals surface area contributed by atoms with Gasteiger partial charge in [0.15, 0.2) is 0 Å². The average Bonchev–Trinajstić information content (AvgIpc) is 2.62. The quantitative estimate of drug-likeness (QED) is 0.735. The average molecular weight is 400 g/mol. The predicted octanol–water partition coefficient (Wildman–Crippen LogP) is 1.76. The standard InChI is InChI=1S/C17H22ClN3O4S/c1-12-3-4-14(17(22)20-7-8-25-2)11-21(12)26(23,24)16-9-15(18)6-5-13(16)10-19/h5-6,9,12,14H,3-4,7-8,11H2,1-2H3,(H,20,22)/t12-,14-/m1/s1. The summed E-state index contributed by atoms with van der Waals surface area (Å²) in [5.74, 6) is -0.636. The third kappa shape index (κ3) is 4.54. The van der Waals surface area contributed by atoms with Gasteiger partial charge < -0.3 is 10.1 Å². The van der Waals surface area contributed by atoms with E-state index in [-0.39, 0.29) is 34.0 Å². The van der Waals surface area contributed by atoms with Gasteiger partial charge in [0.2, 0.25) is 15.9 Å². The molecule has 2 atom stereocenters. The van der Waals surface area contributed by atoms with Gasteiger partial charge in [-0.15, -0.1) is 0 Å². The van der Waals surface area contributed by atoms with Crippen molar-refractivity contribution >= 4 is 27.5 Å². The zero-order chi connectivity index (χ0) is 19.3. The van der Waals surface area contributed by atoms with Gasteiger partial charge in [0.1, 0.15) is 11.0 Å². The minimum absolute atomic E-state index is 0.0354. The molecular formula is C17H22ClN3O4S. The van der Waals surface area contributed by atoms with Gasteiger partial charge >= 0.3 is 0 Å². The number of nitrogens with zero attached hydrogens (tertiary/aromatic N) is 2. The number of amides is 1. The molecule has 0 spiro atoms. The summed E-state index contributed by atoms with van der Waals surface area (Å²) < 4.78 is 32.4. The fourth-order valence-electron chi connectivity index (χ4n) is 2.97. The predicted molar refractivity (Wildman–Crippen MR) is 97.1 cm³/mol. The molecule has 2 rings (SSSR count). The second-order valence-electron chi connectivity index (χ2n) is 6.23. The van der Waals surface area contributed by atoms with Gasteiger partial charge in [0, 0.05) is 31.3 Å². The summed E-state index contributed by atoms with van der Waals surface area (Å²) in [5.41, 5.74) is 0.0354. The van der Waals surface area contributed by atoms with E-state index in [1.165, 1.54) is 22.5 Å². The first-order chi connectivity index (χ1) is 12.3. The monoisotopic (exact) mass is 399 g/mol. The summed E-state index contributed by atoms with van der Waals surface area (Å²) in [6, 6.07) is 5.77. The minimum Gasteiger partial charge on any atom is -0.383 e. The van der Waals surface area contributed by atoms with Crippen molar-refractivity contribution in [2.24, 2.45) is 5.92 Å². The van der Waals surface area contributed by atoms with Crippen LogP contribution < -0.4 is 5.32 Å². The molecule has 142 valence electrons. The molecule has 0 bridgehead atoms. The van der Waals surface area contributed by atoms with Crippen molar-refractivity contribution in [3.05, 3.63) is 28.8 Å². The van der Waals surface area contributed by atoms with E-state index < -0.39 is 15.9 Å². The molecule has 0 unspecified atom stereocenters. The molecule has 0 aliphatic carbocycles. The Labute approximate surface area is 158 Å². The maximum absolute atomic E-state index is 13.1. The van der Waals surface area contributed by atoms with Crippen LogP contribution in [0.1, 0.15) is 25.3 Å². The molecule has 0 radical (unpaired) electrons. The second kappa shape index (κ2) is 8.82. The smallest absolute Gasteiger partial charge is 0.244 e. The Morgan fingerprint density at radius 3 is 2.85 bits per heavy atom. The lowest BCUT2D eigenvalue weighted by molar-refractivity contribution is -0.126. The molecule has 0 aromatic heterocycles. The molecular weight excluding hydrogens is 378 g/mol. The summed E-state index contributed by atoms with van der Waals surface area (Å²) in [4.78, 5) is 12.2. The molecule has 1 aromatic rings. The van der Waals surface area contributed by atoms with Gasteiger partial charge in [0.25, 0.3) is 0 Å². The van der Waals surface area contributed by atoms with E-state index in [1.807, 2.05) is 6.07 Å². The number of methoxy groups -OCH3 is 1. The molecule has 1 N–H and O–H groups in total. The Morgan fingerprint density at radius 2 is 2.19 bits per heavy atom. The number of hydrogen-bond acceptors (Lipinski definition) is 5. The molecule has 1 amide bonds. The van der Waals surface area contributed by atoms with Crippen molar-refractivity contribution in [2.45, 2.75) is 30.7 Å². The van der Waals surface area contributed by atoms with Crippen LogP contribution in [0.25, 0.3) is 0 Å². The fourth-order valence-corrected chi connectivity index (χ4v) is 5.09. The maximum atomic E-state index is 13.1. The molecule has 1 fully saturated rings. The Hall–Kier alpha value is -1.66. The first-order valence-electron chi connectivity index (χ1n) is 8.29. The highest BCUT2D eigenvalue weighted by Crippen LogP contribution is 2.30. The number of carbonyl (C=O) groups is 1. The number of sulfonamides is 1. The third-order valence-corrected chi connectivity index (χ3v) is 6.71. The Balaban J connectivity index is 2.26. The van der Waals surface area contributed by atoms with Crippen molar-refractivity contribution in [1.82, 2.24) is 9.62 Å². The fraction of sp³-hybridized carbons (Fsp3) is 0.529. The lowest BCUT2D eigenvalue weighted by atomic mass is 9.95. The highest BCUT2D eigenvalue weighted by Gasteiger charge is 2.38. The second-order valence-corrected chi connectivity index (χ2v) is 8.53. The molecule has 1 aliphatic rings. The van der Waals surface area contributed by atoms with Crippen LogP contribution in [0.3, 0.4) is 0 Å². The largest absolute Gasteiger partial charge is 0.383 e. The van der Waals surface area contributed by atoms with E-state index in [4.69, 9.17) is 16.3 Å². The summed E-state index contributed by atoms with van der Waals surface area (Å²) in [6.07, 6.45) is 1.16.